The molecule has 0 aliphatic carbocycles. The third-order valence-electron chi connectivity index (χ3n) is 3.83. The zero-order valence-electron chi connectivity index (χ0n) is 12.8. The lowest BCUT2D eigenvalue weighted by atomic mass is 10.1. The van der Waals surface area contributed by atoms with Gasteiger partial charge in [-0.25, -0.2) is 13.8 Å². The van der Waals surface area contributed by atoms with Crippen molar-refractivity contribution < 1.29 is 8.78 Å². The number of halogens is 2. The van der Waals surface area contributed by atoms with Crippen LogP contribution in [0.15, 0.2) is 76.9 Å². The monoisotopic (exact) mass is 310 g/mol. The predicted molar refractivity (Wildman–Crippen MR) is 87.6 cm³/mol. The predicted octanol–water partition coefficient (Wildman–Crippen LogP) is 4.64. The second kappa shape index (κ2) is 6.19. The molecule has 0 amide bonds. The van der Waals surface area contributed by atoms with Crippen molar-refractivity contribution in [2.45, 2.75) is 19.8 Å². The van der Waals surface area contributed by atoms with Gasteiger partial charge in [-0.15, -0.1) is 5.73 Å². The van der Waals surface area contributed by atoms with Crippen molar-refractivity contribution in [2.24, 2.45) is 4.99 Å². The average molecular weight is 310 g/mol. The number of aryl methyl sites for hydroxylation is 1. The zero-order chi connectivity index (χ0) is 16.4. The van der Waals surface area contributed by atoms with Gasteiger partial charge in [-0.3, -0.25) is 4.90 Å². The highest BCUT2D eigenvalue weighted by Crippen LogP contribution is 2.27. The molecular weight excluding hydrogens is 294 g/mol. The Morgan fingerprint density at radius 1 is 1.26 bits per heavy atom. The van der Waals surface area contributed by atoms with E-state index in [1.807, 2.05) is 36.1 Å². The number of benzene rings is 1. The van der Waals surface area contributed by atoms with E-state index in [1.165, 1.54) is 6.07 Å². The van der Waals surface area contributed by atoms with Gasteiger partial charge in [-0.2, -0.15) is 0 Å². The first-order valence-corrected chi connectivity index (χ1v) is 7.37. The van der Waals surface area contributed by atoms with Crippen molar-refractivity contribution in [2.75, 3.05) is 0 Å². The van der Waals surface area contributed by atoms with Crippen LogP contribution in [0.25, 0.3) is 0 Å². The van der Waals surface area contributed by atoms with Crippen LogP contribution < -0.4 is 0 Å². The van der Waals surface area contributed by atoms with Crippen LogP contribution in [-0.4, -0.2) is 10.7 Å². The molecule has 4 heteroatoms. The summed E-state index contributed by atoms with van der Waals surface area (Å²) >= 11 is 0. The van der Waals surface area contributed by atoms with Crippen molar-refractivity contribution in [1.82, 2.24) is 4.90 Å². The molecule has 0 saturated heterocycles. The molecule has 2 nitrogen and oxygen atoms in total. The zero-order valence-corrected chi connectivity index (χ0v) is 12.8. The molecule has 23 heavy (non-hydrogen) atoms. The van der Waals surface area contributed by atoms with E-state index in [9.17, 15) is 8.78 Å². The van der Waals surface area contributed by atoms with Gasteiger partial charge in [-0.1, -0.05) is 24.8 Å². The van der Waals surface area contributed by atoms with Gasteiger partial charge in [0.05, 0.1) is 5.70 Å². The fourth-order valence-electron chi connectivity index (χ4n) is 2.67. The van der Waals surface area contributed by atoms with E-state index in [2.05, 4.69) is 17.3 Å². The number of hydrogen-bond donors (Lipinski definition) is 0. The van der Waals surface area contributed by atoms with Gasteiger partial charge in [0.2, 0.25) is 0 Å². The third kappa shape index (κ3) is 2.94. The lowest BCUT2D eigenvalue weighted by Crippen LogP contribution is -2.30. The number of nitrogens with zero attached hydrogens (tertiary/aromatic N) is 2. The van der Waals surface area contributed by atoms with E-state index >= 15 is 0 Å². The van der Waals surface area contributed by atoms with Crippen LogP contribution in [0.5, 0.6) is 0 Å². The molecule has 0 spiro atoms. The number of allylic oxidation sites excluding steroid dienone is 5. The van der Waals surface area contributed by atoms with Crippen LogP contribution in [0, 0.1) is 11.6 Å². The lowest BCUT2D eigenvalue weighted by Gasteiger charge is -2.30. The molecule has 0 aromatic heterocycles. The molecule has 0 fully saturated rings. The Labute approximate surface area is 134 Å². The van der Waals surface area contributed by atoms with Crippen LogP contribution in [0.1, 0.15) is 18.9 Å². The molecule has 0 radical (unpaired) electrons. The average Bonchev–Trinajstić information content (AvgIpc) is 2.55. The lowest BCUT2D eigenvalue weighted by molar-refractivity contribution is 0.498. The van der Waals surface area contributed by atoms with Crippen LogP contribution in [-0.2, 0) is 6.42 Å². The van der Waals surface area contributed by atoms with Crippen LogP contribution >= 0.6 is 0 Å². The van der Waals surface area contributed by atoms with Gasteiger partial charge in [-0.05, 0) is 49.6 Å². The molecule has 1 aromatic carbocycles. The minimum absolute atomic E-state index is 0.355. The first kappa shape index (κ1) is 15.2. The third-order valence-corrected chi connectivity index (χ3v) is 3.83. The van der Waals surface area contributed by atoms with E-state index < -0.39 is 11.6 Å². The summed E-state index contributed by atoms with van der Waals surface area (Å²) in [6.07, 6.45) is 8.59. The maximum Gasteiger partial charge on any atom is 0.162 e. The van der Waals surface area contributed by atoms with Crippen molar-refractivity contribution in [3.8, 4) is 0 Å². The Hall–Kier alpha value is -2.71. The van der Waals surface area contributed by atoms with Crippen molar-refractivity contribution >= 4 is 5.84 Å². The Morgan fingerprint density at radius 3 is 2.87 bits per heavy atom. The second-order valence-electron chi connectivity index (χ2n) is 5.38. The quantitative estimate of drug-likeness (QED) is 0.743. The fraction of sp³-hybridized carbons (Fsp3) is 0.158. The molecule has 0 N–H and O–H groups in total. The van der Waals surface area contributed by atoms with Gasteiger partial charge >= 0.3 is 0 Å². The molecule has 3 rings (SSSR count). The van der Waals surface area contributed by atoms with Gasteiger partial charge in [0, 0.05) is 11.4 Å². The van der Waals surface area contributed by atoms with Gasteiger partial charge in [0.25, 0.3) is 0 Å². The smallest absolute Gasteiger partial charge is 0.162 e. The SMILES string of the molecule is C=C=C1C=C(CCc2cccc(F)c2F)N=C2C=CC=C(C)N12. The second-order valence-corrected chi connectivity index (χ2v) is 5.38. The molecule has 2 heterocycles. The minimum Gasteiger partial charge on any atom is -0.292 e. The van der Waals surface area contributed by atoms with Crippen molar-refractivity contribution in [3.63, 3.8) is 0 Å². The number of hydrogen-bond acceptors (Lipinski definition) is 2. The Bertz CT molecular complexity index is 822. The summed E-state index contributed by atoms with van der Waals surface area (Å²) in [6, 6.07) is 4.24. The van der Waals surface area contributed by atoms with Crippen LogP contribution in [0.3, 0.4) is 0 Å². The molecule has 0 unspecified atom stereocenters. The summed E-state index contributed by atoms with van der Waals surface area (Å²) in [5.41, 5.74) is 5.90. The minimum atomic E-state index is -0.819. The van der Waals surface area contributed by atoms with E-state index in [-0.39, 0.29) is 0 Å². The summed E-state index contributed by atoms with van der Waals surface area (Å²) < 4.78 is 27.0. The molecule has 0 atom stereocenters. The number of amidine groups is 1. The fourth-order valence-corrected chi connectivity index (χ4v) is 2.67. The highest BCUT2D eigenvalue weighted by molar-refractivity contribution is 5.98. The molecule has 2 aliphatic rings. The van der Waals surface area contributed by atoms with Crippen molar-refractivity contribution in [3.05, 3.63) is 89.1 Å². The maximum atomic E-state index is 13.7. The van der Waals surface area contributed by atoms with E-state index in [0.717, 1.165) is 29.0 Å². The van der Waals surface area contributed by atoms with Gasteiger partial charge in [0.15, 0.2) is 11.6 Å². The summed E-state index contributed by atoms with van der Waals surface area (Å²) in [5, 5.41) is 0. The van der Waals surface area contributed by atoms with E-state index in [1.54, 1.807) is 6.07 Å². The topological polar surface area (TPSA) is 15.6 Å². The summed E-state index contributed by atoms with van der Waals surface area (Å²) in [7, 11) is 0. The maximum absolute atomic E-state index is 13.7. The van der Waals surface area contributed by atoms with E-state index in [4.69, 9.17) is 0 Å². The highest BCUT2D eigenvalue weighted by Gasteiger charge is 2.21. The van der Waals surface area contributed by atoms with E-state index in [0.29, 0.717) is 18.4 Å². The number of aliphatic imine (C=N–C) groups is 1. The molecule has 116 valence electrons. The first-order chi connectivity index (χ1) is 11.1. The van der Waals surface area contributed by atoms with Gasteiger partial charge in [0.1, 0.15) is 5.84 Å². The molecular formula is C19H16F2N2. The first-order valence-electron chi connectivity index (χ1n) is 7.37. The number of fused-ring (bicyclic) bond motifs is 1. The summed E-state index contributed by atoms with van der Waals surface area (Å²) in [6.45, 7) is 5.71. The molecule has 1 aromatic rings. The summed E-state index contributed by atoms with van der Waals surface area (Å²) in [5.74, 6) is -0.817. The Kier molecular flexibility index (Phi) is 4.09. The van der Waals surface area contributed by atoms with Crippen LogP contribution in [0.2, 0.25) is 0 Å². The molecule has 2 aliphatic heterocycles. The normalized spacial score (nSPS) is 16.4. The Balaban J connectivity index is 1.83. The highest BCUT2D eigenvalue weighted by atomic mass is 19.2. The number of rotatable bonds is 3. The molecule has 0 saturated carbocycles. The summed E-state index contributed by atoms with van der Waals surface area (Å²) in [4.78, 5) is 6.55. The standard InChI is InChI=1S/C19H16F2N2/c1-3-16-12-15(22-18-9-4-6-13(2)23(16)18)11-10-14-7-5-8-17(20)19(14)21/h4-9,12H,1,10-11H2,2H3. The van der Waals surface area contributed by atoms with Crippen LogP contribution in [0.4, 0.5) is 8.78 Å². The Morgan fingerprint density at radius 2 is 2.09 bits per heavy atom. The van der Waals surface area contributed by atoms with Crippen molar-refractivity contribution in [1.29, 1.82) is 0 Å². The molecule has 0 bridgehead atoms. The largest absolute Gasteiger partial charge is 0.292 e. The van der Waals surface area contributed by atoms with Gasteiger partial charge < -0.3 is 0 Å².